The van der Waals surface area contributed by atoms with Gasteiger partial charge in [-0.05, 0) is 13.8 Å². The van der Waals surface area contributed by atoms with Gasteiger partial charge in [-0.2, -0.15) is 19.9 Å². The van der Waals surface area contributed by atoms with Crippen LogP contribution >= 0.6 is 0 Å². The van der Waals surface area contributed by atoms with E-state index in [4.69, 9.17) is 10.4 Å². The molecule has 10 nitrogen and oxygen atoms in total. The molecule has 0 fully saturated rings. The number of hydrogen-bond donors (Lipinski definition) is 3. The van der Waals surface area contributed by atoms with E-state index in [0.29, 0.717) is 36.7 Å². The molecule has 10 heteroatoms. The summed E-state index contributed by atoms with van der Waals surface area (Å²) in [5, 5.41) is 6.64. The quantitative estimate of drug-likeness (QED) is 0.452. The maximum Gasteiger partial charge on any atom is 0.243 e. The molecule has 0 unspecified atom stereocenters. The van der Waals surface area contributed by atoms with E-state index in [0.717, 1.165) is 13.1 Å². The van der Waals surface area contributed by atoms with Gasteiger partial charge < -0.3 is 14.7 Å². The van der Waals surface area contributed by atoms with E-state index in [9.17, 15) is 0 Å². The number of hydrazine groups is 1. The van der Waals surface area contributed by atoms with Crippen molar-refractivity contribution in [3.8, 4) is 0 Å². The van der Waals surface area contributed by atoms with E-state index in [1.165, 1.54) is 6.33 Å². The second-order valence-corrected chi connectivity index (χ2v) is 4.11. The van der Waals surface area contributed by atoms with Crippen molar-refractivity contribution in [2.75, 3.05) is 35.3 Å². The van der Waals surface area contributed by atoms with Gasteiger partial charge in [-0.15, -0.1) is 0 Å². The summed E-state index contributed by atoms with van der Waals surface area (Å²) < 4.78 is 4.92. The third-order valence-corrected chi connectivity index (χ3v) is 2.83. The lowest BCUT2D eigenvalue weighted by molar-refractivity contribution is 0.379. The van der Waals surface area contributed by atoms with Crippen LogP contribution in [0.2, 0.25) is 0 Å². The van der Waals surface area contributed by atoms with Crippen LogP contribution in [0.1, 0.15) is 19.7 Å². The van der Waals surface area contributed by atoms with Crippen molar-refractivity contribution in [1.82, 2.24) is 25.1 Å². The number of nitrogens with zero attached hydrogens (tertiary/aromatic N) is 6. The van der Waals surface area contributed by atoms with Crippen molar-refractivity contribution in [3.63, 3.8) is 0 Å². The van der Waals surface area contributed by atoms with Crippen molar-refractivity contribution >= 4 is 17.8 Å². The van der Waals surface area contributed by atoms with Crippen molar-refractivity contribution in [1.29, 1.82) is 0 Å². The highest BCUT2D eigenvalue weighted by atomic mass is 16.5. The highest BCUT2D eigenvalue weighted by molar-refractivity contribution is 5.43. The minimum atomic E-state index is 0.312. The van der Waals surface area contributed by atoms with Crippen LogP contribution in [0.5, 0.6) is 0 Å². The van der Waals surface area contributed by atoms with Crippen LogP contribution < -0.4 is 21.5 Å². The van der Waals surface area contributed by atoms with E-state index >= 15 is 0 Å². The predicted molar refractivity (Wildman–Crippen MR) is 77.7 cm³/mol. The Bertz CT molecular complexity index is 541. The Morgan fingerprint density at radius 3 is 2.57 bits per heavy atom. The third kappa shape index (κ3) is 3.99. The molecule has 114 valence electrons. The van der Waals surface area contributed by atoms with E-state index in [2.05, 4.69) is 35.8 Å². The van der Waals surface area contributed by atoms with Crippen LogP contribution in [-0.4, -0.2) is 44.7 Å². The number of anilines is 3. The number of nitrogen functional groups attached to an aromatic ring is 1. The normalized spacial score (nSPS) is 10.4. The summed E-state index contributed by atoms with van der Waals surface area (Å²) in [7, 11) is 0. The molecule has 2 heterocycles. The van der Waals surface area contributed by atoms with Gasteiger partial charge in [-0.3, -0.25) is 5.43 Å². The monoisotopic (exact) mass is 293 g/mol. The summed E-state index contributed by atoms with van der Waals surface area (Å²) in [5.41, 5.74) is 2.45. The first-order valence-electron chi connectivity index (χ1n) is 6.73. The largest absolute Gasteiger partial charge is 0.354 e. The fraction of sp³-hybridized carbons (Fsp3) is 0.545. The standard InChI is InChI=1S/C11H19N9O/c1-3-20(4-2)11-17-9(16-10(18-11)19-12)13-6-5-8-14-7-15-21-8/h7H,3-6,12H2,1-2H3,(H2,13,16,17,18,19). The molecular formula is C11H19N9O. The van der Waals surface area contributed by atoms with Crippen LogP contribution in [0.25, 0.3) is 0 Å². The number of rotatable bonds is 8. The summed E-state index contributed by atoms with van der Waals surface area (Å²) in [6.45, 7) is 6.23. The lowest BCUT2D eigenvalue weighted by atomic mass is 10.4. The number of aromatic nitrogens is 5. The van der Waals surface area contributed by atoms with Crippen LogP contribution in [0.4, 0.5) is 17.8 Å². The lowest BCUT2D eigenvalue weighted by Gasteiger charge is -2.19. The maximum absolute atomic E-state index is 5.39. The number of nitrogens with two attached hydrogens (primary N) is 1. The highest BCUT2D eigenvalue weighted by Gasteiger charge is 2.10. The van der Waals surface area contributed by atoms with Crippen LogP contribution in [0.15, 0.2) is 10.9 Å². The van der Waals surface area contributed by atoms with Gasteiger partial charge in [0.2, 0.25) is 23.7 Å². The highest BCUT2D eigenvalue weighted by Crippen LogP contribution is 2.12. The van der Waals surface area contributed by atoms with Gasteiger partial charge in [0, 0.05) is 26.1 Å². The molecule has 0 spiro atoms. The van der Waals surface area contributed by atoms with Crippen LogP contribution in [0, 0.1) is 0 Å². The van der Waals surface area contributed by atoms with E-state index in [1.54, 1.807) is 0 Å². The molecule has 0 aliphatic rings. The minimum absolute atomic E-state index is 0.312. The lowest BCUT2D eigenvalue weighted by Crippen LogP contribution is -2.26. The molecule has 0 atom stereocenters. The molecular weight excluding hydrogens is 274 g/mol. The number of hydrogen-bond acceptors (Lipinski definition) is 10. The summed E-state index contributed by atoms with van der Waals surface area (Å²) in [4.78, 5) is 18.7. The molecule has 4 N–H and O–H groups in total. The Labute approximate surface area is 122 Å². The molecule has 0 bridgehead atoms. The first-order valence-corrected chi connectivity index (χ1v) is 6.73. The molecule has 2 rings (SSSR count). The fourth-order valence-corrected chi connectivity index (χ4v) is 1.74. The summed E-state index contributed by atoms with van der Waals surface area (Å²) in [6, 6.07) is 0. The zero-order chi connectivity index (χ0) is 15.1. The molecule has 0 aliphatic carbocycles. The first-order chi connectivity index (χ1) is 10.3. The van der Waals surface area contributed by atoms with E-state index in [1.807, 2.05) is 18.7 Å². The minimum Gasteiger partial charge on any atom is -0.354 e. The van der Waals surface area contributed by atoms with Gasteiger partial charge in [0.05, 0.1) is 0 Å². The van der Waals surface area contributed by atoms with Crippen LogP contribution in [-0.2, 0) is 6.42 Å². The first kappa shape index (κ1) is 14.9. The molecule has 0 amide bonds. The van der Waals surface area contributed by atoms with Gasteiger partial charge in [0.1, 0.15) is 0 Å². The second-order valence-electron chi connectivity index (χ2n) is 4.11. The van der Waals surface area contributed by atoms with Gasteiger partial charge >= 0.3 is 0 Å². The van der Waals surface area contributed by atoms with E-state index < -0.39 is 0 Å². The van der Waals surface area contributed by atoms with Crippen molar-refractivity contribution < 1.29 is 4.52 Å². The molecule has 0 saturated heterocycles. The Balaban J connectivity index is 2.05. The maximum atomic E-state index is 5.39. The van der Waals surface area contributed by atoms with Crippen molar-refractivity contribution in [2.24, 2.45) is 5.84 Å². The van der Waals surface area contributed by atoms with Gasteiger partial charge in [-0.25, -0.2) is 5.84 Å². The van der Waals surface area contributed by atoms with Crippen molar-refractivity contribution in [3.05, 3.63) is 12.2 Å². The second kappa shape index (κ2) is 7.33. The Morgan fingerprint density at radius 1 is 1.19 bits per heavy atom. The van der Waals surface area contributed by atoms with E-state index in [-0.39, 0.29) is 0 Å². The summed E-state index contributed by atoms with van der Waals surface area (Å²) in [6.07, 6.45) is 1.95. The fourth-order valence-electron chi connectivity index (χ4n) is 1.74. The summed E-state index contributed by atoms with van der Waals surface area (Å²) in [5.74, 6) is 7.28. The Morgan fingerprint density at radius 2 is 1.95 bits per heavy atom. The Kier molecular flexibility index (Phi) is 5.21. The number of nitrogens with one attached hydrogen (secondary N) is 2. The zero-order valence-electron chi connectivity index (χ0n) is 12.1. The molecule has 0 radical (unpaired) electrons. The topological polar surface area (TPSA) is 131 Å². The molecule has 0 saturated carbocycles. The Hall–Kier alpha value is -2.49. The SMILES string of the molecule is CCN(CC)c1nc(NN)nc(NCCc2ncno2)n1. The molecule has 0 aliphatic heterocycles. The molecule has 21 heavy (non-hydrogen) atoms. The third-order valence-electron chi connectivity index (χ3n) is 2.83. The zero-order valence-corrected chi connectivity index (χ0v) is 12.1. The van der Waals surface area contributed by atoms with Gasteiger partial charge in [-0.1, -0.05) is 5.16 Å². The smallest absolute Gasteiger partial charge is 0.243 e. The van der Waals surface area contributed by atoms with Gasteiger partial charge in [0.25, 0.3) is 0 Å². The van der Waals surface area contributed by atoms with Crippen LogP contribution in [0.3, 0.4) is 0 Å². The van der Waals surface area contributed by atoms with Gasteiger partial charge in [0.15, 0.2) is 6.33 Å². The van der Waals surface area contributed by atoms with Crippen molar-refractivity contribution in [2.45, 2.75) is 20.3 Å². The average molecular weight is 293 g/mol. The molecule has 2 aromatic heterocycles. The average Bonchev–Trinajstić information content (AvgIpc) is 3.01. The predicted octanol–water partition coefficient (Wildman–Crippen LogP) is 0.0410. The molecule has 2 aromatic rings. The molecule has 0 aromatic carbocycles. The summed E-state index contributed by atoms with van der Waals surface area (Å²) >= 11 is 0.